The number of piperidine rings is 1. The van der Waals surface area contributed by atoms with Crippen molar-refractivity contribution in [3.63, 3.8) is 0 Å². The maximum Gasteiger partial charge on any atom is 0.410 e. The Morgan fingerprint density at radius 1 is 1.26 bits per heavy atom. The van der Waals surface area contributed by atoms with Gasteiger partial charge >= 0.3 is 6.09 Å². The number of halogens is 1. The number of aliphatic hydroxyl groups is 1. The molecule has 0 aliphatic carbocycles. The second kappa shape index (κ2) is 8.54. The van der Waals surface area contributed by atoms with E-state index in [2.05, 4.69) is 4.98 Å². The number of ether oxygens (including phenoxy) is 2. The number of nitrogens with zero attached hydrogens (tertiary/aromatic N) is 3. The number of nitrogen functional groups attached to an aromatic ring is 1. The van der Waals surface area contributed by atoms with Gasteiger partial charge in [-0.25, -0.2) is 14.2 Å². The predicted octanol–water partition coefficient (Wildman–Crippen LogP) is 2.52. The van der Waals surface area contributed by atoms with E-state index in [0.29, 0.717) is 13.1 Å². The summed E-state index contributed by atoms with van der Waals surface area (Å²) in [6.45, 7) is 5.95. The molecule has 1 amide bonds. The lowest BCUT2D eigenvalue weighted by atomic mass is 9.91. The van der Waals surface area contributed by atoms with Gasteiger partial charge in [0.1, 0.15) is 23.5 Å². The van der Waals surface area contributed by atoms with E-state index in [1.165, 1.54) is 40.1 Å². The molecule has 1 fully saturated rings. The molecular weight excluding hydrogens is 407 g/mol. The molecule has 0 bridgehead atoms. The van der Waals surface area contributed by atoms with Gasteiger partial charge in [0, 0.05) is 13.1 Å². The Balaban J connectivity index is 1.66. The summed E-state index contributed by atoms with van der Waals surface area (Å²) in [6, 6.07) is 5.21. The van der Waals surface area contributed by atoms with Crippen molar-refractivity contribution < 1.29 is 23.8 Å². The van der Waals surface area contributed by atoms with Crippen LogP contribution in [0.2, 0.25) is 0 Å². The van der Waals surface area contributed by atoms with Crippen LogP contribution >= 0.6 is 0 Å². The van der Waals surface area contributed by atoms with Crippen LogP contribution in [0.5, 0.6) is 11.6 Å². The van der Waals surface area contributed by atoms with Gasteiger partial charge in [-0.3, -0.25) is 9.36 Å². The molecule has 168 valence electrons. The van der Waals surface area contributed by atoms with E-state index in [1.807, 2.05) is 0 Å². The summed E-state index contributed by atoms with van der Waals surface area (Å²) >= 11 is 0. The number of carbonyl (C=O) groups excluding carboxylic acids is 1. The largest absolute Gasteiger partial charge is 0.444 e. The number of likely N-dealkylation sites (tertiary alicyclic amines) is 1. The summed E-state index contributed by atoms with van der Waals surface area (Å²) in [6.07, 6.45) is 1.36. The van der Waals surface area contributed by atoms with Crippen LogP contribution in [-0.2, 0) is 11.3 Å². The van der Waals surface area contributed by atoms with E-state index < -0.39 is 28.7 Å². The highest BCUT2D eigenvalue weighted by Gasteiger charge is 2.36. The molecular formula is C21H27FN4O5. The van der Waals surface area contributed by atoms with Crippen molar-refractivity contribution in [2.24, 2.45) is 0 Å². The highest BCUT2D eigenvalue weighted by Crippen LogP contribution is 2.26. The fourth-order valence-corrected chi connectivity index (χ4v) is 3.21. The molecule has 1 aromatic heterocycles. The topological polar surface area (TPSA) is 120 Å². The molecule has 0 atom stereocenters. The lowest BCUT2D eigenvalue weighted by Gasteiger charge is -2.38. The van der Waals surface area contributed by atoms with Crippen molar-refractivity contribution >= 4 is 11.8 Å². The van der Waals surface area contributed by atoms with Crippen molar-refractivity contribution in [3.8, 4) is 11.6 Å². The third-order valence-electron chi connectivity index (χ3n) is 4.87. The Kier molecular flexibility index (Phi) is 6.21. The SMILES string of the molecule is CC(C)(C)OC(=O)N1CCC(O)(Cn2cnc(Oc3ccc(F)cc3)c(N)c2=O)CC1. The molecule has 0 saturated carbocycles. The normalized spacial score (nSPS) is 16.1. The van der Waals surface area contributed by atoms with Gasteiger partial charge in [0.2, 0.25) is 5.88 Å². The molecule has 9 nitrogen and oxygen atoms in total. The average molecular weight is 434 g/mol. The summed E-state index contributed by atoms with van der Waals surface area (Å²) in [5.74, 6) is -0.236. The number of aromatic nitrogens is 2. The molecule has 2 heterocycles. The maximum atomic E-state index is 13.0. The number of benzene rings is 1. The summed E-state index contributed by atoms with van der Waals surface area (Å²) in [7, 11) is 0. The second-order valence-electron chi connectivity index (χ2n) is 8.64. The van der Waals surface area contributed by atoms with E-state index in [-0.39, 0.29) is 36.7 Å². The Morgan fingerprint density at radius 2 is 1.87 bits per heavy atom. The van der Waals surface area contributed by atoms with Crippen molar-refractivity contribution in [1.82, 2.24) is 14.5 Å². The molecule has 31 heavy (non-hydrogen) atoms. The molecule has 1 aliphatic heterocycles. The van der Waals surface area contributed by atoms with Crippen molar-refractivity contribution in [3.05, 3.63) is 46.8 Å². The molecule has 1 aromatic carbocycles. The quantitative estimate of drug-likeness (QED) is 0.759. The fraction of sp³-hybridized carbons (Fsp3) is 0.476. The Labute approximate surface area is 179 Å². The number of carbonyl (C=O) groups is 1. The van der Waals surface area contributed by atoms with Crippen molar-refractivity contribution in [2.75, 3.05) is 18.8 Å². The Bertz CT molecular complexity index is 992. The van der Waals surface area contributed by atoms with Gasteiger partial charge in [0.25, 0.3) is 5.56 Å². The minimum Gasteiger partial charge on any atom is -0.444 e. The van der Waals surface area contributed by atoms with Crippen molar-refractivity contribution in [2.45, 2.75) is 51.4 Å². The first kappa shape index (κ1) is 22.5. The highest BCUT2D eigenvalue weighted by molar-refractivity contribution is 5.68. The Hall–Kier alpha value is -3.14. The van der Waals surface area contributed by atoms with Crippen LogP contribution in [0.1, 0.15) is 33.6 Å². The molecule has 10 heteroatoms. The number of anilines is 1. The zero-order valence-corrected chi connectivity index (χ0v) is 17.8. The molecule has 1 saturated heterocycles. The molecule has 3 rings (SSSR count). The number of rotatable bonds is 4. The highest BCUT2D eigenvalue weighted by atomic mass is 19.1. The lowest BCUT2D eigenvalue weighted by Crippen LogP contribution is -2.50. The molecule has 3 N–H and O–H groups in total. The van der Waals surface area contributed by atoms with Gasteiger partial charge < -0.3 is 25.2 Å². The third kappa shape index (κ3) is 5.72. The number of nitrogens with two attached hydrogens (primary N) is 1. The van der Waals surface area contributed by atoms with Crippen LogP contribution in [-0.4, -0.2) is 49.9 Å². The van der Waals surface area contributed by atoms with Gasteiger partial charge in [-0.05, 0) is 57.9 Å². The molecule has 1 aliphatic rings. The van der Waals surface area contributed by atoms with Crippen LogP contribution < -0.4 is 16.0 Å². The predicted molar refractivity (Wildman–Crippen MR) is 111 cm³/mol. The summed E-state index contributed by atoms with van der Waals surface area (Å²) < 4.78 is 25.1. The monoisotopic (exact) mass is 434 g/mol. The third-order valence-corrected chi connectivity index (χ3v) is 4.87. The second-order valence-corrected chi connectivity index (χ2v) is 8.64. The van der Waals surface area contributed by atoms with E-state index in [0.717, 1.165) is 0 Å². The van der Waals surface area contributed by atoms with Gasteiger partial charge in [0.15, 0.2) is 5.69 Å². The van der Waals surface area contributed by atoms with Crippen LogP contribution in [0.25, 0.3) is 0 Å². The first-order valence-electron chi connectivity index (χ1n) is 9.94. The van der Waals surface area contributed by atoms with Crippen molar-refractivity contribution in [1.29, 1.82) is 0 Å². The summed E-state index contributed by atoms with van der Waals surface area (Å²) in [4.78, 5) is 30.4. The van der Waals surface area contributed by atoms with Crippen LogP contribution in [0, 0.1) is 5.82 Å². The molecule has 0 spiro atoms. The first-order valence-corrected chi connectivity index (χ1v) is 9.94. The summed E-state index contributed by atoms with van der Waals surface area (Å²) in [5, 5.41) is 10.9. The van der Waals surface area contributed by atoms with Gasteiger partial charge in [0.05, 0.1) is 12.1 Å². The number of hydrogen-bond acceptors (Lipinski definition) is 7. The fourth-order valence-electron chi connectivity index (χ4n) is 3.21. The van der Waals surface area contributed by atoms with Gasteiger partial charge in [-0.1, -0.05) is 0 Å². The van der Waals surface area contributed by atoms with Gasteiger partial charge in [-0.2, -0.15) is 0 Å². The number of amides is 1. The minimum absolute atomic E-state index is 0.0258. The van der Waals surface area contributed by atoms with Crippen LogP contribution in [0.3, 0.4) is 0 Å². The van der Waals surface area contributed by atoms with Crippen LogP contribution in [0.15, 0.2) is 35.4 Å². The average Bonchev–Trinajstić information content (AvgIpc) is 2.68. The molecule has 0 unspecified atom stereocenters. The minimum atomic E-state index is -1.20. The lowest BCUT2D eigenvalue weighted by molar-refractivity contribution is -0.0420. The Morgan fingerprint density at radius 3 is 2.45 bits per heavy atom. The van der Waals surface area contributed by atoms with Gasteiger partial charge in [-0.15, -0.1) is 0 Å². The first-order chi connectivity index (χ1) is 14.5. The van der Waals surface area contributed by atoms with E-state index in [9.17, 15) is 19.1 Å². The van der Waals surface area contributed by atoms with Crippen LogP contribution in [0.4, 0.5) is 14.9 Å². The summed E-state index contributed by atoms with van der Waals surface area (Å²) in [5.41, 5.74) is 3.31. The zero-order chi connectivity index (χ0) is 22.8. The van der Waals surface area contributed by atoms with E-state index >= 15 is 0 Å². The van der Waals surface area contributed by atoms with E-state index in [4.69, 9.17) is 15.2 Å². The number of hydrogen-bond donors (Lipinski definition) is 2. The standard InChI is InChI=1S/C21H27FN4O5/c1-20(2,3)31-19(28)25-10-8-21(29,9-11-25)12-26-13-24-17(16(23)18(26)27)30-15-6-4-14(22)5-7-15/h4-7,13,29H,8-12,23H2,1-3H3. The smallest absolute Gasteiger partial charge is 0.410 e. The van der Waals surface area contributed by atoms with E-state index in [1.54, 1.807) is 20.8 Å². The molecule has 0 radical (unpaired) electrons. The maximum absolute atomic E-state index is 13.0. The molecule has 2 aromatic rings. The zero-order valence-electron chi connectivity index (χ0n) is 17.8.